The van der Waals surface area contributed by atoms with Gasteiger partial charge in [0.1, 0.15) is 0 Å². The van der Waals surface area contributed by atoms with Gasteiger partial charge in [-0.15, -0.1) is 0 Å². The maximum Gasteiger partial charge on any atom is 0.256 e. The molecule has 1 fully saturated rings. The van der Waals surface area contributed by atoms with Crippen molar-refractivity contribution in [2.75, 3.05) is 43.4 Å². The van der Waals surface area contributed by atoms with Crippen LogP contribution in [0.15, 0.2) is 79.1 Å². The Kier molecular flexibility index (Phi) is 5.52. The number of amides is 1. The number of anilines is 2. The molecule has 1 aliphatic heterocycles. The molecule has 0 atom stereocenters. The summed E-state index contributed by atoms with van der Waals surface area (Å²) in [5, 5.41) is 4.02. The SMILES string of the molecule is C[NH+]1CCN(c2ccccc2NC(=O)c2cc(-c3ccncc3)nc3ccccc23)CC1. The average molecular weight is 425 g/mol. The van der Waals surface area contributed by atoms with Gasteiger partial charge < -0.3 is 15.1 Å². The molecule has 5 rings (SSSR count). The highest BCUT2D eigenvalue weighted by molar-refractivity contribution is 6.14. The molecule has 4 aromatic rings. The lowest BCUT2D eigenvalue weighted by atomic mass is 10.0. The van der Waals surface area contributed by atoms with Crippen LogP contribution in [0.25, 0.3) is 22.2 Å². The lowest BCUT2D eigenvalue weighted by molar-refractivity contribution is -0.880. The second kappa shape index (κ2) is 8.77. The minimum absolute atomic E-state index is 0.133. The van der Waals surface area contributed by atoms with Gasteiger partial charge in [0, 0.05) is 23.3 Å². The van der Waals surface area contributed by atoms with Crippen LogP contribution in [0.4, 0.5) is 11.4 Å². The van der Waals surface area contributed by atoms with Crippen LogP contribution in [0, 0.1) is 0 Å². The highest BCUT2D eigenvalue weighted by Gasteiger charge is 2.21. The molecule has 160 valence electrons. The molecule has 0 aliphatic carbocycles. The Balaban J connectivity index is 1.51. The Hall–Kier alpha value is -3.77. The highest BCUT2D eigenvalue weighted by Crippen LogP contribution is 2.29. The van der Waals surface area contributed by atoms with Gasteiger partial charge in [-0.05, 0) is 36.4 Å². The smallest absolute Gasteiger partial charge is 0.256 e. The summed E-state index contributed by atoms with van der Waals surface area (Å²) < 4.78 is 0. The van der Waals surface area contributed by atoms with Gasteiger partial charge >= 0.3 is 0 Å². The zero-order valence-electron chi connectivity index (χ0n) is 18.1. The van der Waals surface area contributed by atoms with Gasteiger partial charge in [-0.2, -0.15) is 0 Å². The number of para-hydroxylation sites is 3. The minimum atomic E-state index is -0.133. The first-order chi connectivity index (χ1) is 15.7. The molecule has 0 spiro atoms. The van der Waals surface area contributed by atoms with E-state index < -0.39 is 0 Å². The average Bonchev–Trinajstić information content (AvgIpc) is 2.85. The van der Waals surface area contributed by atoms with E-state index in [0.717, 1.165) is 59.7 Å². The summed E-state index contributed by atoms with van der Waals surface area (Å²) in [5.74, 6) is -0.133. The number of hydrogen-bond donors (Lipinski definition) is 2. The van der Waals surface area contributed by atoms with Gasteiger partial charge in [0.15, 0.2) is 0 Å². The summed E-state index contributed by atoms with van der Waals surface area (Å²) in [6.45, 7) is 4.13. The zero-order chi connectivity index (χ0) is 21.9. The molecule has 0 saturated carbocycles. The topological polar surface area (TPSA) is 62.6 Å². The van der Waals surface area contributed by atoms with Crippen molar-refractivity contribution < 1.29 is 9.69 Å². The third kappa shape index (κ3) is 4.05. The first-order valence-electron chi connectivity index (χ1n) is 11.0. The van der Waals surface area contributed by atoms with Crippen LogP contribution in [-0.2, 0) is 0 Å². The molecule has 2 aromatic heterocycles. The highest BCUT2D eigenvalue weighted by atomic mass is 16.1. The van der Waals surface area contributed by atoms with Gasteiger partial charge in [0.2, 0.25) is 0 Å². The summed E-state index contributed by atoms with van der Waals surface area (Å²) in [6, 6.07) is 21.5. The van der Waals surface area contributed by atoms with E-state index in [1.54, 1.807) is 12.4 Å². The van der Waals surface area contributed by atoms with Crippen LogP contribution in [-0.4, -0.2) is 49.1 Å². The maximum absolute atomic E-state index is 13.5. The molecule has 0 bridgehead atoms. The summed E-state index contributed by atoms with van der Waals surface area (Å²) in [5.41, 5.74) is 5.00. The molecule has 6 nitrogen and oxygen atoms in total. The molecule has 0 unspecified atom stereocenters. The van der Waals surface area contributed by atoms with Gasteiger partial charge in [-0.25, -0.2) is 4.98 Å². The Labute approximate surface area is 187 Å². The predicted octanol–water partition coefficient (Wildman–Crippen LogP) is 2.88. The van der Waals surface area contributed by atoms with Gasteiger partial charge in [-0.3, -0.25) is 9.78 Å². The van der Waals surface area contributed by atoms with Crippen molar-refractivity contribution in [3.05, 3.63) is 84.7 Å². The second-order valence-corrected chi connectivity index (χ2v) is 8.22. The van der Waals surface area contributed by atoms with Crippen LogP contribution < -0.4 is 15.1 Å². The van der Waals surface area contributed by atoms with Crippen molar-refractivity contribution in [3.8, 4) is 11.3 Å². The van der Waals surface area contributed by atoms with Crippen LogP contribution in [0.3, 0.4) is 0 Å². The maximum atomic E-state index is 13.5. The first kappa shape index (κ1) is 20.2. The number of quaternary nitrogens is 1. The Bertz CT molecular complexity index is 1250. The minimum Gasteiger partial charge on any atom is -0.359 e. The number of benzene rings is 2. The van der Waals surface area contributed by atoms with E-state index in [2.05, 4.69) is 28.3 Å². The number of pyridine rings is 2. The van der Waals surface area contributed by atoms with Crippen molar-refractivity contribution in [2.24, 2.45) is 0 Å². The van der Waals surface area contributed by atoms with Gasteiger partial charge in [0.25, 0.3) is 5.91 Å². The number of likely N-dealkylation sites (N-methyl/N-ethyl adjacent to an activating group) is 1. The fourth-order valence-corrected chi connectivity index (χ4v) is 4.21. The fraction of sp³-hybridized carbons (Fsp3) is 0.192. The standard InChI is InChI=1S/C26H25N5O/c1-30-14-16-31(17-15-30)25-9-5-4-8-23(25)29-26(32)21-18-24(19-10-12-27-13-11-19)28-22-7-3-2-6-20(21)22/h2-13,18H,14-17H2,1H3,(H,29,32)/p+1. The quantitative estimate of drug-likeness (QED) is 0.529. The lowest BCUT2D eigenvalue weighted by Gasteiger charge is -2.33. The van der Waals surface area contributed by atoms with Crippen LogP contribution >= 0.6 is 0 Å². The van der Waals surface area contributed by atoms with Gasteiger partial charge in [-0.1, -0.05) is 30.3 Å². The van der Waals surface area contributed by atoms with Crippen LogP contribution in [0.1, 0.15) is 10.4 Å². The number of hydrogen-bond acceptors (Lipinski definition) is 4. The van der Waals surface area contributed by atoms with E-state index in [4.69, 9.17) is 4.98 Å². The van der Waals surface area contributed by atoms with Gasteiger partial charge in [0.05, 0.1) is 61.4 Å². The summed E-state index contributed by atoms with van der Waals surface area (Å²) in [7, 11) is 2.22. The molecule has 2 N–H and O–H groups in total. The number of carbonyl (C=O) groups excluding carboxylic acids is 1. The van der Waals surface area contributed by atoms with Crippen molar-refractivity contribution in [1.82, 2.24) is 9.97 Å². The number of piperazine rings is 1. The molecule has 2 aromatic carbocycles. The lowest BCUT2D eigenvalue weighted by Crippen LogP contribution is -3.12. The largest absolute Gasteiger partial charge is 0.359 e. The van der Waals surface area contributed by atoms with Crippen LogP contribution in [0.5, 0.6) is 0 Å². The molecule has 1 amide bonds. The fourth-order valence-electron chi connectivity index (χ4n) is 4.21. The van der Waals surface area contributed by atoms with Crippen LogP contribution in [0.2, 0.25) is 0 Å². The van der Waals surface area contributed by atoms with Crippen molar-refractivity contribution in [3.63, 3.8) is 0 Å². The van der Waals surface area contributed by atoms with E-state index in [9.17, 15) is 4.79 Å². The third-order valence-electron chi connectivity index (χ3n) is 6.05. The van der Waals surface area contributed by atoms with Crippen molar-refractivity contribution in [1.29, 1.82) is 0 Å². The van der Waals surface area contributed by atoms with E-state index in [0.29, 0.717) is 5.56 Å². The predicted molar refractivity (Wildman–Crippen MR) is 128 cm³/mol. The monoisotopic (exact) mass is 424 g/mol. The number of rotatable bonds is 4. The molecule has 32 heavy (non-hydrogen) atoms. The molecule has 3 heterocycles. The molecule has 1 saturated heterocycles. The molecule has 0 radical (unpaired) electrons. The molecular formula is C26H26N5O+. The van der Waals surface area contributed by atoms with E-state index in [1.807, 2.05) is 60.7 Å². The molecular weight excluding hydrogens is 398 g/mol. The Morgan fingerprint density at radius 1 is 0.969 bits per heavy atom. The summed E-state index contributed by atoms with van der Waals surface area (Å²) >= 11 is 0. The van der Waals surface area contributed by atoms with Crippen molar-refractivity contribution in [2.45, 2.75) is 0 Å². The number of aromatic nitrogens is 2. The summed E-state index contributed by atoms with van der Waals surface area (Å²) in [4.78, 5) is 26.3. The molecule has 1 aliphatic rings. The normalized spacial score (nSPS) is 14.5. The van der Waals surface area contributed by atoms with E-state index in [1.165, 1.54) is 4.90 Å². The number of nitrogens with zero attached hydrogens (tertiary/aromatic N) is 3. The zero-order valence-corrected chi connectivity index (χ0v) is 18.1. The van der Waals surface area contributed by atoms with E-state index in [-0.39, 0.29) is 5.91 Å². The molecule has 6 heteroatoms. The third-order valence-corrected chi connectivity index (χ3v) is 6.05. The Morgan fingerprint density at radius 3 is 2.50 bits per heavy atom. The second-order valence-electron chi connectivity index (χ2n) is 8.22. The number of nitrogens with one attached hydrogen (secondary N) is 2. The summed E-state index contributed by atoms with van der Waals surface area (Å²) in [6.07, 6.45) is 3.47. The Morgan fingerprint density at radius 2 is 1.69 bits per heavy atom. The van der Waals surface area contributed by atoms with Crippen molar-refractivity contribution >= 4 is 28.2 Å². The first-order valence-corrected chi connectivity index (χ1v) is 11.0. The van der Waals surface area contributed by atoms with E-state index >= 15 is 0 Å². The number of carbonyl (C=O) groups is 1. The number of fused-ring (bicyclic) bond motifs is 1.